The number of pyridine rings is 1. The monoisotopic (exact) mass is 241 g/mol. The van der Waals surface area contributed by atoms with Gasteiger partial charge in [-0.3, -0.25) is 0 Å². The van der Waals surface area contributed by atoms with Crippen LogP contribution in [-0.4, -0.2) is 25.5 Å². The van der Waals surface area contributed by atoms with Gasteiger partial charge in [0.05, 0.1) is 5.92 Å². The molecule has 18 heavy (non-hydrogen) atoms. The lowest BCUT2D eigenvalue weighted by atomic mass is 9.92. The summed E-state index contributed by atoms with van der Waals surface area (Å²) < 4.78 is 0. The van der Waals surface area contributed by atoms with Crippen LogP contribution in [0.4, 0.5) is 0 Å². The van der Waals surface area contributed by atoms with Gasteiger partial charge in [-0.05, 0) is 32.6 Å². The molecule has 2 nitrogen and oxygen atoms in total. The molecule has 0 spiro atoms. The van der Waals surface area contributed by atoms with Crippen LogP contribution in [0.25, 0.3) is 0 Å². The highest BCUT2D eigenvalue weighted by Gasteiger charge is 2.19. The van der Waals surface area contributed by atoms with Gasteiger partial charge in [-0.25, -0.2) is 4.98 Å². The molecule has 0 saturated heterocycles. The minimum Gasteiger partial charge on any atom is -0.309 e. The van der Waals surface area contributed by atoms with Crippen molar-refractivity contribution in [3.8, 4) is 0 Å². The van der Waals surface area contributed by atoms with Gasteiger partial charge in [-0.15, -0.1) is 0 Å². The Morgan fingerprint density at radius 2 is 1.72 bits per heavy atom. The van der Waals surface area contributed by atoms with Crippen LogP contribution >= 0.6 is 0 Å². The van der Waals surface area contributed by atoms with Gasteiger partial charge >= 0.3 is 0 Å². The third kappa shape index (κ3) is 3.41. The van der Waals surface area contributed by atoms with Crippen molar-refractivity contribution in [3.05, 3.63) is 66.0 Å². The molecule has 2 heteroatoms. The standard InChI is InChI=1S/C16H20N2/c1-18(2)13-11-15(14-8-4-3-5-9-14)16-10-6-7-12-17-16/h3-10,12,15H,11,13H2,1-2H3/p+1/t15-/m1/s1. The normalized spacial score (nSPS) is 12.6. The van der Waals surface area contributed by atoms with Gasteiger partial charge < -0.3 is 4.90 Å². The molecule has 1 heterocycles. The quantitative estimate of drug-likeness (QED) is 0.786. The van der Waals surface area contributed by atoms with E-state index in [1.54, 1.807) is 0 Å². The van der Waals surface area contributed by atoms with Gasteiger partial charge in [0.1, 0.15) is 0 Å². The molecule has 1 atom stereocenters. The first-order valence-electron chi connectivity index (χ1n) is 6.43. The Hall–Kier alpha value is -1.67. The number of nitrogens with one attached hydrogen (secondary N) is 1. The lowest BCUT2D eigenvalue weighted by Gasteiger charge is -2.16. The molecule has 1 N–H and O–H groups in total. The molecular formula is C16H21N2+. The summed E-state index contributed by atoms with van der Waals surface area (Å²) >= 11 is 0. The predicted octanol–water partition coefficient (Wildman–Crippen LogP) is 2.58. The minimum atomic E-state index is 0.440. The highest BCUT2D eigenvalue weighted by molar-refractivity contribution is 5.26. The number of rotatable bonds is 5. The van der Waals surface area contributed by atoms with Crippen LogP contribution in [-0.2, 0) is 0 Å². The summed E-state index contributed by atoms with van der Waals surface area (Å²) in [4.78, 5) is 5.61. The molecule has 0 unspecified atom stereocenters. The zero-order valence-electron chi connectivity index (χ0n) is 11.1. The maximum atomic E-state index is 3.37. The molecule has 0 saturated carbocycles. The molecule has 1 aromatic heterocycles. The highest BCUT2D eigenvalue weighted by Crippen LogP contribution is 2.24. The maximum absolute atomic E-state index is 3.37. The smallest absolute Gasteiger partial charge is 0.187 e. The van der Waals surface area contributed by atoms with E-state index in [9.17, 15) is 0 Å². The first-order valence-corrected chi connectivity index (χ1v) is 6.43. The van der Waals surface area contributed by atoms with E-state index < -0.39 is 0 Å². The Labute approximate surface area is 109 Å². The summed E-state index contributed by atoms with van der Waals surface area (Å²) in [5.41, 5.74) is 2.66. The van der Waals surface area contributed by atoms with Crippen molar-refractivity contribution in [3.63, 3.8) is 0 Å². The number of aromatic nitrogens is 1. The topological polar surface area (TPSA) is 17.4 Å². The Morgan fingerprint density at radius 3 is 2.33 bits per heavy atom. The average Bonchev–Trinajstić information content (AvgIpc) is 2.41. The highest BCUT2D eigenvalue weighted by atomic mass is 15.0. The fourth-order valence-electron chi connectivity index (χ4n) is 2.20. The molecule has 0 aliphatic carbocycles. The molecule has 0 aliphatic rings. The third-order valence-corrected chi connectivity index (χ3v) is 3.18. The lowest BCUT2D eigenvalue weighted by molar-refractivity contribution is -0.392. The van der Waals surface area contributed by atoms with Gasteiger partial charge in [0.15, 0.2) is 11.9 Å². The van der Waals surface area contributed by atoms with Gasteiger partial charge in [-0.2, -0.15) is 0 Å². The summed E-state index contributed by atoms with van der Waals surface area (Å²) in [6, 6.07) is 17.0. The Bertz CT molecular complexity index is 412. The van der Waals surface area contributed by atoms with Crippen LogP contribution in [0.3, 0.4) is 0 Å². The summed E-state index contributed by atoms with van der Waals surface area (Å²) in [7, 11) is 4.24. The van der Waals surface area contributed by atoms with Crippen LogP contribution < -0.4 is 4.98 Å². The summed E-state index contributed by atoms with van der Waals surface area (Å²) in [5.74, 6) is 0.440. The van der Waals surface area contributed by atoms with E-state index >= 15 is 0 Å². The zero-order valence-corrected chi connectivity index (χ0v) is 11.1. The molecule has 0 radical (unpaired) electrons. The van der Waals surface area contributed by atoms with Crippen molar-refractivity contribution in [2.45, 2.75) is 12.3 Å². The van der Waals surface area contributed by atoms with E-state index in [0.29, 0.717) is 5.92 Å². The molecule has 2 aromatic rings. The molecule has 0 bridgehead atoms. The second kappa shape index (κ2) is 6.31. The molecule has 0 fully saturated rings. The van der Waals surface area contributed by atoms with Crippen molar-refractivity contribution in [1.82, 2.24) is 4.90 Å². The number of hydrogen-bond donors (Lipinski definition) is 0. The van der Waals surface area contributed by atoms with E-state index in [-0.39, 0.29) is 0 Å². The van der Waals surface area contributed by atoms with Crippen molar-refractivity contribution < 1.29 is 4.98 Å². The van der Waals surface area contributed by atoms with Crippen LogP contribution in [0.2, 0.25) is 0 Å². The predicted molar refractivity (Wildman–Crippen MR) is 74.5 cm³/mol. The number of nitrogens with zero attached hydrogens (tertiary/aromatic N) is 1. The van der Waals surface area contributed by atoms with Crippen molar-refractivity contribution in [2.24, 2.45) is 0 Å². The summed E-state index contributed by atoms with van der Waals surface area (Å²) in [6.45, 7) is 1.09. The number of benzene rings is 1. The van der Waals surface area contributed by atoms with E-state index in [4.69, 9.17) is 0 Å². The second-order valence-corrected chi connectivity index (χ2v) is 4.87. The zero-order chi connectivity index (χ0) is 12.8. The maximum Gasteiger partial charge on any atom is 0.187 e. The van der Waals surface area contributed by atoms with Gasteiger partial charge in [0.2, 0.25) is 0 Å². The van der Waals surface area contributed by atoms with Crippen molar-refractivity contribution >= 4 is 0 Å². The molecule has 1 aromatic carbocycles. The first-order chi connectivity index (χ1) is 8.77. The van der Waals surface area contributed by atoms with Crippen molar-refractivity contribution in [1.29, 1.82) is 0 Å². The van der Waals surface area contributed by atoms with Crippen LogP contribution in [0.5, 0.6) is 0 Å². The molecular weight excluding hydrogens is 220 g/mol. The summed E-state index contributed by atoms with van der Waals surface area (Å²) in [6.07, 6.45) is 3.12. The van der Waals surface area contributed by atoms with E-state index in [1.165, 1.54) is 11.3 Å². The van der Waals surface area contributed by atoms with Gasteiger partial charge in [0, 0.05) is 12.1 Å². The Kier molecular flexibility index (Phi) is 4.48. The third-order valence-electron chi connectivity index (χ3n) is 3.18. The molecule has 94 valence electrons. The molecule has 0 aliphatic heterocycles. The minimum absolute atomic E-state index is 0.440. The fourth-order valence-corrected chi connectivity index (χ4v) is 2.20. The van der Waals surface area contributed by atoms with E-state index in [2.05, 4.69) is 66.4 Å². The molecule has 2 rings (SSSR count). The van der Waals surface area contributed by atoms with E-state index in [0.717, 1.165) is 13.0 Å². The largest absolute Gasteiger partial charge is 0.309 e. The summed E-state index contributed by atoms with van der Waals surface area (Å²) in [5, 5.41) is 0. The second-order valence-electron chi connectivity index (χ2n) is 4.87. The van der Waals surface area contributed by atoms with Crippen LogP contribution in [0, 0.1) is 0 Å². The average molecular weight is 241 g/mol. The van der Waals surface area contributed by atoms with E-state index in [1.807, 2.05) is 12.3 Å². The number of hydrogen-bond acceptors (Lipinski definition) is 1. The van der Waals surface area contributed by atoms with Crippen LogP contribution in [0.1, 0.15) is 23.6 Å². The first kappa shape index (κ1) is 12.8. The Balaban J connectivity index is 2.24. The number of H-pyrrole nitrogens is 1. The number of aromatic amines is 1. The Morgan fingerprint density at radius 1 is 1.00 bits per heavy atom. The lowest BCUT2D eigenvalue weighted by Crippen LogP contribution is -2.21. The van der Waals surface area contributed by atoms with Crippen LogP contribution in [0.15, 0.2) is 54.7 Å². The van der Waals surface area contributed by atoms with Crippen molar-refractivity contribution in [2.75, 3.05) is 20.6 Å². The fraction of sp³-hybridized carbons (Fsp3) is 0.312. The molecule has 0 amide bonds. The van der Waals surface area contributed by atoms with Gasteiger partial charge in [0.25, 0.3) is 0 Å². The van der Waals surface area contributed by atoms with Gasteiger partial charge in [-0.1, -0.05) is 36.4 Å². The SMILES string of the molecule is CN(C)CC[C@H](c1ccccc1)c1cccc[nH+]1.